The predicted molar refractivity (Wildman–Crippen MR) is 120 cm³/mol. The number of allylic oxidation sites excluding steroid dienone is 2. The van der Waals surface area contributed by atoms with E-state index in [-0.39, 0.29) is 11.8 Å². The van der Waals surface area contributed by atoms with Gasteiger partial charge in [-0.15, -0.1) is 0 Å². The summed E-state index contributed by atoms with van der Waals surface area (Å²) in [6, 6.07) is 12.5. The summed E-state index contributed by atoms with van der Waals surface area (Å²) < 4.78 is 0. The number of rotatable bonds is 0. The molecule has 5 heterocycles. The number of H-pyrrole nitrogens is 4. The molecule has 0 spiro atoms. The molecule has 0 radical (unpaired) electrons. The lowest BCUT2D eigenvalue weighted by Gasteiger charge is -2.29. The van der Waals surface area contributed by atoms with Gasteiger partial charge in [-0.2, -0.15) is 0 Å². The summed E-state index contributed by atoms with van der Waals surface area (Å²) in [4.78, 5) is 26.7. The smallest absolute Gasteiger partial charge is 0.145 e. The van der Waals surface area contributed by atoms with E-state index in [4.69, 9.17) is 0 Å². The molecule has 5 nitrogen and oxygen atoms in total. The van der Waals surface area contributed by atoms with Crippen LogP contribution in [-0.4, -0.2) is 25.7 Å². The molecule has 4 N–H and O–H groups in total. The van der Waals surface area contributed by atoms with Crippen LogP contribution in [0.15, 0.2) is 48.6 Å². The van der Waals surface area contributed by atoms with E-state index in [1.165, 1.54) is 5.56 Å². The highest BCUT2D eigenvalue weighted by Gasteiger charge is 2.37. The molecule has 0 amide bonds. The maximum Gasteiger partial charge on any atom is 0.145 e. The summed E-state index contributed by atoms with van der Waals surface area (Å²) in [6.07, 6.45) is 13.3. The molecule has 5 heteroatoms. The van der Waals surface area contributed by atoms with E-state index in [0.717, 1.165) is 49.7 Å². The lowest BCUT2D eigenvalue weighted by Crippen LogP contribution is -2.30. The molecule has 0 saturated heterocycles. The summed E-state index contributed by atoms with van der Waals surface area (Å²) in [5.74, 6) is 0.299. The van der Waals surface area contributed by atoms with Gasteiger partial charge in [0.25, 0.3) is 0 Å². The number of aromatic nitrogens is 4. The first-order valence-electron chi connectivity index (χ1n) is 10.6. The fraction of sp³-hybridized carbons (Fsp3) is 0.115. The van der Waals surface area contributed by atoms with E-state index >= 15 is 0 Å². The van der Waals surface area contributed by atoms with Gasteiger partial charge in [-0.3, -0.25) is 4.79 Å². The van der Waals surface area contributed by atoms with Crippen molar-refractivity contribution in [3.8, 4) is 0 Å². The molecular formula is C26H20N4O. The maximum atomic E-state index is 12.7. The summed E-state index contributed by atoms with van der Waals surface area (Å²) >= 11 is 0. The second-order valence-corrected chi connectivity index (χ2v) is 8.60. The fourth-order valence-electron chi connectivity index (χ4n) is 5.19. The van der Waals surface area contributed by atoms with Crippen molar-refractivity contribution in [2.45, 2.75) is 18.3 Å². The quantitative estimate of drug-likeness (QED) is 0.289. The standard InChI is InChI=1S/C26H20N4O/c31-24-9-14-1-8-21(24)26-23-13-20-7-5-18(29-20)11-16-3-2-15(27-16)10-17-4-6-19(28-17)12-22(30-23)25(14)26/h1-8,10-14,21,27-30H,9H2/t14?,21-/m1/s1. The first-order valence-corrected chi connectivity index (χ1v) is 10.6. The SMILES string of the molecule is O=C1CC2C=C[C@H]1c1c2c2[nH]c1=Cc1ccc([nH]1)C=c1ccc([nH]1)=Cc1ccc([nH]1)C=2. The van der Waals surface area contributed by atoms with Gasteiger partial charge in [0.05, 0.1) is 5.92 Å². The number of aromatic amines is 4. The Bertz CT molecular complexity index is 1650. The van der Waals surface area contributed by atoms with Gasteiger partial charge in [0, 0.05) is 56.5 Å². The number of carbonyl (C=O) groups is 1. The Hall–Kier alpha value is -3.99. The van der Waals surface area contributed by atoms with Gasteiger partial charge in [0.2, 0.25) is 0 Å². The third kappa shape index (κ3) is 2.60. The lowest BCUT2D eigenvalue weighted by atomic mass is 9.72. The van der Waals surface area contributed by atoms with Crippen molar-refractivity contribution in [1.82, 2.24) is 19.9 Å². The zero-order valence-electron chi connectivity index (χ0n) is 16.7. The summed E-state index contributed by atoms with van der Waals surface area (Å²) in [5.41, 5.74) is 6.50. The molecule has 1 aliphatic heterocycles. The number of hydrogen-bond acceptors (Lipinski definition) is 1. The van der Waals surface area contributed by atoms with Crippen molar-refractivity contribution < 1.29 is 4.79 Å². The van der Waals surface area contributed by atoms with Crippen LogP contribution >= 0.6 is 0 Å². The first-order chi connectivity index (χ1) is 15.2. The number of fused-ring (bicyclic) bond motifs is 9. The molecule has 8 rings (SSSR count). The van der Waals surface area contributed by atoms with Crippen LogP contribution < -0.4 is 21.4 Å². The monoisotopic (exact) mass is 404 g/mol. The minimum atomic E-state index is -0.155. The largest absolute Gasteiger partial charge is 0.355 e. The lowest BCUT2D eigenvalue weighted by molar-refractivity contribution is -0.120. The third-order valence-corrected chi connectivity index (χ3v) is 6.54. The van der Waals surface area contributed by atoms with Crippen LogP contribution in [0.3, 0.4) is 0 Å². The molecule has 0 saturated carbocycles. The molecule has 4 aromatic rings. The van der Waals surface area contributed by atoms with E-state index in [1.807, 2.05) is 0 Å². The van der Waals surface area contributed by atoms with Gasteiger partial charge in [0.15, 0.2) is 0 Å². The zero-order valence-corrected chi connectivity index (χ0v) is 16.7. The molecule has 31 heavy (non-hydrogen) atoms. The highest BCUT2D eigenvalue weighted by molar-refractivity contribution is 5.93. The van der Waals surface area contributed by atoms with Crippen molar-refractivity contribution in [3.05, 3.63) is 104 Å². The van der Waals surface area contributed by atoms with Crippen LogP contribution in [0, 0.1) is 0 Å². The van der Waals surface area contributed by atoms with Gasteiger partial charge >= 0.3 is 0 Å². The Morgan fingerprint density at radius 2 is 1.19 bits per heavy atom. The third-order valence-electron chi connectivity index (χ3n) is 6.54. The molecule has 0 aromatic carbocycles. The maximum absolute atomic E-state index is 12.7. The van der Waals surface area contributed by atoms with E-state index in [9.17, 15) is 4.79 Å². The van der Waals surface area contributed by atoms with Crippen molar-refractivity contribution >= 4 is 30.1 Å². The highest BCUT2D eigenvalue weighted by Crippen LogP contribution is 2.39. The zero-order chi connectivity index (χ0) is 20.5. The van der Waals surface area contributed by atoms with Gasteiger partial charge in [0.1, 0.15) is 5.78 Å². The summed E-state index contributed by atoms with van der Waals surface area (Å²) in [6.45, 7) is 0. The molecule has 0 fully saturated rings. The van der Waals surface area contributed by atoms with Gasteiger partial charge in [-0.1, -0.05) is 12.2 Å². The van der Waals surface area contributed by atoms with Crippen molar-refractivity contribution in [2.24, 2.45) is 0 Å². The average molecular weight is 404 g/mol. The molecule has 4 aromatic heterocycles. The van der Waals surface area contributed by atoms with Gasteiger partial charge in [-0.05, 0) is 71.8 Å². The molecular weight excluding hydrogens is 384 g/mol. The van der Waals surface area contributed by atoms with Crippen molar-refractivity contribution in [1.29, 1.82) is 0 Å². The number of hydrogen-bond donors (Lipinski definition) is 4. The van der Waals surface area contributed by atoms with E-state index in [1.54, 1.807) is 0 Å². The Morgan fingerprint density at radius 1 is 0.613 bits per heavy atom. The van der Waals surface area contributed by atoms with E-state index < -0.39 is 0 Å². The summed E-state index contributed by atoms with van der Waals surface area (Å²) in [7, 11) is 0. The van der Waals surface area contributed by atoms with E-state index in [0.29, 0.717) is 12.2 Å². The van der Waals surface area contributed by atoms with Crippen molar-refractivity contribution in [2.75, 3.05) is 0 Å². The molecule has 2 atom stereocenters. The molecule has 150 valence electrons. The summed E-state index contributed by atoms with van der Waals surface area (Å²) in [5, 5.41) is 4.17. The van der Waals surface area contributed by atoms with Crippen LogP contribution in [0.2, 0.25) is 0 Å². The average Bonchev–Trinajstić information content (AvgIpc) is 3.53. The second-order valence-electron chi connectivity index (χ2n) is 8.60. The number of carbonyl (C=O) groups excluding carboxylic acids is 1. The first kappa shape index (κ1) is 16.8. The number of ketones is 1. The fourth-order valence-corrected chi connectivity index (χ4v) is 5.19. The molecule has 4 aliphatic rings. The highest BCUT2D eigenvalue weighted by atomic mass is 16.1. The second kappa shape index (κ2) is 6.01. The van der Waals surface area contributed by atoms with Crippen LogP contribution in [0.4, 0.5) is 0 Å². The van der Waals surface area contributed by atoms with Crippen LogP contribution in [-0.2, 0) is 4.79 Å². The Kier molecular flexibility index (Phi) is 3.25. The Morgan fingerprint density at radius 3 is 1.81 bits per heavy atom. The predicted octanol–water partition coefficient (Wildman–Crippen LogP) is 1.34. The normalized spacial score (nSPS) is 20.5. The van der Waals surface area contributed by atoms with Gasteiger partial charge in [-0.25, -0.2) is 0 Å². The molecule has 3 aliphatic carbocycles. The van der Waals surface area contributed by atoms with E-state index in [2.05, 4.69) is 92.8 Å². The van der Waals surface area contributed by atoms with Crippen LogP contribution in [0.1, 0.15) is 52.2 Å². The Labute approximate surface area is 177 Å². The minimum Gasteiger partial charge on any atom is -0.355 e. The minimum absolute atomic E-state index is 0.143. The number of Topliss-reactive ketones (excluding diaryl/α,β-unsaturated/α-hetero) is 1. The topological polar surface area (TPSA) is 80.2 Å². The Balaban J connectivity index is 1.56. The molecule has 10 bridgehead atoms. The number of nitrogens with one attached hydrogen (secondary N) is 4. The van der Waals surface area contributed by atoms with Crippen LogP contribution in [0.5, 0.6) is 0 Å². The van der Waals surface area contributed by atoms with Crippen molar-refractivity contribution in [3.63, 3.8) is 0 Å². The molecule has 1 unspecified atom stereocenters. The van der Waals surface area contributed by atoms with Crippen LogP contribution in [0.25, 0.3) is 24.3 Å². The van der Waals surface area contributed by atoms with Gasteiger partial charge < -0.3 is 19.9 Å².